The maximum Gasteiger partial charge on any atom is 0.159 e. The molecule has 4 rings (SSSR count). The third kappa shape index (κ3) is 1.78. The topological polar surface area (TPSA) is 32.1 Å². The summed E-state index contributed by atoms with van der Waals surface area (Å²) in [5, 5.41) is 3.50. The Hall–Kier alpha value is -2.29. The van der Waals surface area contributed by atoms with Gasteiger partial charge < -0.3 is 10.2 Å². The number of para-hydroxylation sites is 2. The van der Waals surface area contributed by atoms with Crippen LogP contribution in [0.4, 0.5) is 11.4 Å². The molecule has 3 atom stereocenters. The molecule has 1 aliphatic heterocycles. The van der Waals surface area contributed by atoms with Crippen LogP contribution in [0.25, 0.3) is 0 Å². The van der Waals surface area contributed by atoms with Crippen LogP contribution in [-0.2, 0) is 4.79 Å². The zero-order chi connectivity index (χ0) is 13.5. The number of carbonyl (C=O) groups is 1. The van der Waals surface area contributed by atoms with Gasteiger partial charge in [0.15, 0.2) is 5.78 Å². The van der Waals surface area contributed by atoms with Crippen LogP contribution in [0.15, 0.2) is 60.7 Å². The van der Waals surface area contributed by atoms with E-state index in [-0.39, 0.29) is 12.1 Å². The zero-order valence-corrected chi connectivity index (χ0v) is 11.1. The maximum absolute atomic E-state index is 12.1. The molecular weight excluding hydrogens is 248 g/mol. The first-order valence-corrected chi connectivity index (χ1v) is 7.02. The van der Waals surface area contributed by atoms with Gasteiger partial charge in [-0.1, -0.05) is 36.4 Å². The van der Waals surface area contributed by atoms with Gasteiger partial charge in [-0.3, -0.25) is 4.79 Å². The Labute approximate surface area is 118 Å². The van der Waals surface area contributed by atoms with Crippen molar-refractivity contribution in [3.05, 3.63) is 60.7 Å². The van der Waals surface area contributed by atoms with Gasteiger partial charge in [-0.2, -0.15) is 0 Å². The van der Waals surface area contributed by atoms with Gasteiger partial charge in [0.25, 0.3) is 0 Å². The number of rotatable bonds is 3. The molecule has 0 amide bonds. The molecule has 3 unspecified atom stereocenters. The van der Waals surface area contributed by atoms with E-state index < -0.39 is 0 Å². The SMILES string of the molecule is O=C1CC(Nc2ccccc2)C2C1N2c1ccccc1. The molecule has 0 radical (unpaired) electrons. The lowest BCUT2D eigenvalue weighted by molar-refractivity contribution is -0.117. The molecule has 1 aliphatic carbocycles. The first-order chi connectivity index (χ1) is 9.84. The molecule has 2 fully saturated rings. The molecule has 0 bridgehead atoms. The summed E-state index contributed by atoms with van der Waals surface area (Å²) >= 11 is 0. The number of hydrogen-bond acceptors (Lipinski definition) is 3. The molecule has 20 heavy (non-hydrogen) atoms. The van der Waals surface area contributed by atoms with E-state index in [1.54, 1.807) is 0 Å². The number of carbonyl (C=O) groups excluding carboxylic acids is 1. The second-order valence-electron chi connectivity index (χ2n) is 5.47. The number of nitrogens with one attached hydrogen (secondary N) is 1. The molecule has 1 saturated heterocycles. The fourth-order valence-electron chi connectivity index (χ4n) is 3.28. The van der Waals surface area contributed by atoms with E-state index in [2.05, 4.69) is 22.3 Å². The van der Waals surface area contributed by atoms with Crippen LogP contribution >= 0.6 is 0 Å². The fraction of sp³-hybridized carbons (Fsp3) is 0.235. The second kappa shape index (κ2) is 4.37. The second-order valence-corrected chi connectivity index (χ2v) is 5.47. The Balaban J connectivity index is 1.55. The Bertz CT molecular complexity index is 626. The quantitative estimate of drug-likeness (QED) is 0.865. The van der Waals surface area contributed by atoms with Gasteiger partial charge in [-0.15, -0.1) is 0 Å². The number of anilines is 2. The lowest BCUT2D eigenvalue weighted by Gasteiger charge is -2.18. The molecule has 3 nitrogen and oxygen atoms in total. The Morgan fingerprint density at radius 2 is 1.60 bits per heavy atom. The van der Waals surface area contributed by atoms with Crippen LogP contribution in [0, 0.1) is 0 Å². The highest BCUT2D eigenvalue weighted by Gasteiger charge is 2.61. The lowest BCUT2D eigenvalue weighted by Crippen LogP contribution is -2.28. The standard InChI is InChI=1S/C17H16N2O/c20-15-11-14(18-12-7-3-1-4-8-12)16-17(15)19(16)13-9-5-2-6-10-13/h1-10,14,16-18H,11H2. The summed E-state index contributed by atoms with van der Waals surface area (Å²) in [6.07, 6.45) is 0.633. The van der Waals surface area contributed by atoms with E-state index in [0.717, 1.165) is 11.4 Å². The van der Waals surface area contributed by atoms with Crippen molar-refractivity contribution in [3.8, 4) is 0 Å². The summed E-state index contributed by atoms with van der Waals surface area (Å²) < 4.78 is 0. The van der Waals surface area contributed by atoms with Crippen molar-refractivity contribution < 1.29 is 4.79 Å². The molecule has 1 saturated carbocycles. The van der Waals surface area contributed by atoms with Gasteiger partial charge in [-0.25, -0.2) is 0 Å². The van der Waals surface area contributed by atoms with Crippen LogP contribution in [-0.4, -0.2) is 23.9 Å². The van der Waals surface area contributed by atoms with Crippen LogP contribution < -0.4 is 10.2 Å². The van der Waals surface area contributed by atoms with E-state index in [0.29, 0.717) is 18.2 Å². The molecule has 2 aromatic carbocycles. The molecule has 2 aliphatic rings. The number of fused-ring (bicyclic) bond motifs is 1. The normalized spacial score (nSPS) is 27.3. The van der Waals surface area contributed by atoms with Crippen molar-refractivity contribution in [3.63, 3.8) is 0 Å². The molecule has 0 spiro atoms. The first kappa shape index (κ1) is 11.5. The maximum atomic E-state index is 12.1. The van der Waals surface area contributed by atoms with Crippen molar-refractivity contribution >= 4 is 17.2 Å². The number of piperidine rings is 1. The van der Waals surface area contributed by atoms with Crippen molar-refractivity contribution in [2.45, 2.75) is 24.5 Å². The predicted octanol–water partition coefficient (Wildman–Crippen LogP) is 2.70. The summed E-state index contributed by atoms with van der Waals surface area (Å²) in [6.45, 7) is 0. The minimum atomic E-state index is 0.0820. The van der Waals surface area contributed by atoms with Gasteiger partial charge in [0, 0.05) is 17.8 Å². The highest BCUT2D eigenvalue weighted by molar-refractivity contribution is 5.99. The van der Waals surface area contributed by atoms with E-state index in [9.17, 15) is 4.79 Å². The zero-order valence-electron chi connectivity index (χ0n) is 11.1. The molecular formula is C17H16N2O. The Morgan fingerprint density at radius 1 is 0.950 bits per heavy atom. The highest BCUT2D eigenvalue weighted by atomic mass is 16.1. The summed E-state index contributed by atoms with van der Waals surface area (Å²) in [6, 6.07) is 20.9. The van der Waals surface area contributed by atoms with Gasteiger partial charge in [-0.05, 0) is 24.3 Å². The monoisotopic (exact) mass is 264 g/mol. The Kier molecular flexibility index (Phi) is 2.52. The third-order valence-electron chi connectivity index (χ3n) is 4.20. The summed E-state index contributed by atoms with van der Waals surface area (Å²) in [4.78, 5) is 14.3. The first-order valence-electron chi connectivity index (χ1n) is 7.02. The largest absolute Gasteiger partial charge is 0.380 e. The van der Waals surface area contributed by atoms with E-state index >= 15 is 0 Å². The minimum absolute atomic E-state index is 0.0820. The molecule has 100 valence electrons. The highest BCUT2D eigenvalue weighted by Crippen LogP contribution is 2.44. The number of nitrogens with zero attached hydrogens (tertiary/aromatic N) is 1. The molecule has 1 heterocycles. The smallest absolute Gasteiger partial charge is 0.159 e. The van der Waals surface area contributed by atoms with Gasteiger partial charge in [0.05, 0.1) is 12.1 Å². The van der Waals surface area contributed by atoms with E-state index in [1.165, 1.54) is 0 Å². The Morgan fingerprint density at radius 3 is 2.30 bits per heavy atom. The van der Waals surface area contributed by atoms with Crippen molar-refractivity contribution in [2.75, 3.05) is 10.2 Å². The van der Waals surface area contributed by atoms with Gasteiger partial charge >= 0.3 is 0 Å². The van der Waals surface area contributed by atoms with Gasteiger partial charge in [0.1, 0.15) is 6.04 Å². The number of benzene rings is 2. The van der Waals surface area contributed by atoms with Crippen LogP contribution in [0.5, 0.6) is 0 Å². The molecule has 1 N–H and O–H groups in total. The summed E-state index contributed by atoms with van der Waals surface area (Å²) in [5.74, 6) is 0.354. The van der Waals surface area contributed by atoms with E-state index in [1.807, 2.05) is 48.5 Å². The molecule has 2 aromatic rings. The summed E-state index contributed by atoms with van der Waals surface area (Å²) in [7, 11) is 0. The molecule has 3 heteroatoms. The minimum Gasteiger partial charge on any atom is -0.380 e. The third-order valence-corrected chi connectivity index (χ3v) is 4.20. The molecule has 0 aromatic heterocycles. The average Bonchev–Trinajstić information content (AvgIpc) is 3.16. The number of Topliss-reactive ketones (excluding diaryl/α,β-unsaturated/α-hetero) is 1. The van der Waals surface area contributed by atoms with E-state index in [4.69, 9.17) is 0 Å². The lowest BCUT2D eigenvalue weighted by atomic mass is 10.2. The van der Waals surface area contributed by atoms with Crippen LogP contribution in [0.2, 0.25) is 0 Å². The predicted molar refractivity (Wildman–Crippen MR) is 80.0 cm³/mol. The summed E-state index contributed by atoms with van der Waals surface area (Å²) in [5.41, 5.74) is 2.24. The van der Waals surface area contributed by atoms with Crippen LogP contribution in [0.3, 0.4) is 0 Å². The number of hydrogen-bond donors (Lipinski definition) is 1. The van der Waals surface area contributed by atoms with Crippen molar-refractivity contribution in [1.29, 1.82) is 0 Å². The van der Waals surface area contributed by atoms with Crippen molar-refractivity contribution in [2.24, 2.45) is 0 Å². The number of ketones is 1. The van der Waals surface area contributed by atoms with Gasteiger partial charge in [0.2, 0.25) is 0 Å². The van der Waals surface area contributed by atoms with Crippen molar-refractivity contribution in [1.82, 2.24) is 0 Å². The van der Waals surface area contributed by atoms with Crippen LogP contribution in [0.1, 0.15) is 6.42 Å². The average molecular weight is 264 g/mol. The fourth-order valence-corrected chi connectivity index (χ4v) is 3.28.